The Kier molecular flexibility index (Phi) is 8.57. The highest BCUT2D eigenvalue weighted by atomic mass is 35.5. The van der Waals surface area contributed by atoms with Crippen LogP contribution in [0.2, 0.25) is 0 Å². The van der Waals surface area contributed by atoms with Gasteiger partial charge in [0.1, 0.15) is 5.75 Å². The molecule has 0 heterocycles. The molecule has 0 aliphatic heterocycles. The second-order valence-electron chi connectivity index (χ2n) is 5.81. The Morgan fingerprint density at radius 3 is 2.46 bits per heavy atom. The Hall–Kier alpha value is -1.79. The minimum Gasteiger partial charge on any atom is -0.497 e. The van der Waals surface area contributed by atoms with E-state index in [0.29, 0.717) is 36.9 Å². The maximum Gasteiger partial charge on any atom is 0.251 e. The van der Waals surface area contributed by atoms with Crippen molar-refractivity contribution in [2.24, 2.45) is 17.6 Å². The molecule has 2 rings (SSSR count). The molecule has 0 saturated heterocycles. The summed E-state index contributed by atoms with van der Waals surface area (Å²) in [6, 6.07) is 6.89. The molecule has 2 amide bonds. The molecule has 1 aromatic rings. The van der Waals surface area contributed by atoms with Crippen molar-refractivity contribution in [1.82, 2.24) is 10.6 Å². The maximum atomic E-state index is 12.1. The molecule has 1 fully saturated rings. The number of hydrogen-bond donors (Lipinski definition) is 3. The Balaban J connectivity index is 0.00000288. The quantitative estimate of drug-likeness (QED) is 0.643. The van der Waals surface area contributed by atoms with E-state index >= 15 is 0 Å². The molecule has 0 spiro atoms. The first-order valence-corrected chi connectivity index (χ1v) is 8.05. The van der Waals surface area contributed by atoms with E-state index in [1.54, 1.807) is 31.4 Å². The summed E-state index contributed by atoms with van der Waals surface area (Å²) in [5.41, 5.74) is 6.26. The third-order valence-electron chi connectivity index (χ3n) is 4.36. The number of nitrogens with two attached hydrogens (primary N) is 1. The Morgan fingerprint density at radius 1 is 1.17 bits per heavy atom. The molecule has 0 radical (unpaired) electrons. The zero-order valence-electron chi connectivity index (χ0n) is 13.9. The van der Waals surface area contributed by atoms with E-state index in [4.69, 9.17) is 10.5 Å². The Morgan fingerprint density at radius 2 is 1.83 bits per heavy atom. The third-order valence-corrected chi connectivity index (χ3v) is 4.36. The first-order chi connectivity index (χ1) is 11.2. The van der Waals surface area contributed by atoms with Gasteiger partial charge < -0.3 is 21.1 Å². The molecule has 0 bridgehead atoms. The summed E-state index contributed by atoms with van der Waals surface area (Å²) in [7, 11) is 1.58. The Bertz CT molecular complexity index is 536. The third kappa shape index (κ3) is 5.39. The lowest BCUT2D eigenvalue weighted by molar-refractivity contribution is -0.125. The largest absolute Gasteiger partial charge is 0.497 e. The molecule has 1 aliphatic rings. The van der Waals surface area contributed by atoms with Crippen molar-refractivity contribution in [2.75, 3.05) is 26.7 Å². The number of amides is 2. The van der Waals surface area contributed by atoms with Gasteiger partial charge in [0.05, 0.1) is 7.11 Å². The van der Waals surface area contributed by atoms with Crippen molar-refractivity contribution < 1.29 is 14.3 Å². The molecule has 6 nitrogen and oxygen atoms in total. The highest BCUT2D eigenvalue weighted by molar-refractivity contribution is 5.94. The molecular weight excluding hydrogens is 330 g/mol. The molecular formula is C17H26ClN3O3. The fourth-order valence-corrected chi connectivity index (χ4v) is 3.00. The zero-order chi connectivity index (χ0) is 16.7. The fraction of sp³-hybridized carbons (Fsp3) is 0.529. The monoisotopic (exact) mass is 355 g/mol. The lowest BCUT2D eigenvalue weighted by Gasteiger charge is -2.17. The molecule has 0 aromatic heterocycles. The van der Waals surface area contributed by atoms with Crippen LogP contribution in [0, 0.1) is 11.8 Å². The van der Waals surface area contributed by atoms with Crippen LogP contribution in [0.4, 0.5) is 0 Å². The second kappa shape index (κ2) is 10.2. The van der Waals surface area contributed by atoms with Gasteiger partial charge in [-0.3, -0.25) is 9.59 Å². The van der Waals surface area contributed by atoms with Crippen molar-refractivity contribution in [3.8, 4) is 5.75 Å². The van der Waals surface area contributed by atoms with Gasteiger partial charge in [0.25, 0.3) is 5.91 Å². The molecule has 134 valence electrons. The lowest BCUT2D eigenvalue weighted by atomic mass is 9.95. The van der Waals surface area contributed by atoms with Crippen LogP contribution in [-0.4, -0.2) is 38.6 Å². The van der Waals surface area contributed by atoms with Gasteiger partial charge in [0, 0.05) is 24.6 Å². The van der Waals surface area contributed by atoms with Crippen LogP contribution in [0.15, 0.2) is 24.3 Å². The van der Waals surface area contributed by atoms with Gasteiger partial charge >= 0.3 is 0 Å². The van der Waals surface area contributed by atoms with Gasteiger partial charge in [-0.15, -0.1) is 12.4 Å². The zero-order valence-corrected chi connectivity index (χ0v) is 14.7. The molecule has 1 aliphatic carbocycles. The van der Waals surface area contributed by atoms with Crippen molar-refractivity contribution >= 4 is 24.2 Å². The maximum absolute atomic E-state index is 12.1. The SMILES string of the molecule is COc1ccc(C(=O)NCCNC(=O)[C@@H]2CCC[C@@H]2CN)cc1.Cl. The highest BCUT2D eigenvalue weighted by Crippen LogP contribution is 2.30. The summed E-state index contributed by atoms with van der Waals surface area (Å²) in [5, 5.41) is 5.67. The number of halogens is 1. The van der Waals surface area contributed by atoms with Crippen molar-refractivity contribution in [1.29, 1.82) is 0 Å². The molecule has 0 unspecified atom stereocenters. The molecule has 7 heteroatoms. The minimum atomic E-state index is -0.164. The summed E-state index contributed by atoms with van der Waals surface area (Å²) in [6.07, 6.45) is 3.00. The van der Waals surface area contributed by atoms with E-state index in [-0.39, 0.29) is 30.1 Å². The number of ether oxygens (including phenoxy) is 1. The van der Waals surface area contributed by atoms with E-state index in [0.717, 1.165) is 19.3 Å². The number of carbonyl (C=O) groups excluding carboxylic acids is 2. The summed E-state index contributed by atoms with van der Waals surface area (Å²) in [6.45, 7) is 1.39. The first kappa shape index (κ1) is 20.3. The topological polar surface area (TPSA) is 93.5 Å². The normalized spacial score (nSPS) is 19.2. The molecule has 2 atom stereocenters. The predicted molar refractivity (Wildman–Crippen MR) is 95.5 cm³/mol. The van der Waals surface area contributed by atoms with Crippen molar-refractivity contribution in [3.05, 3.63) is 29.8 Å². The molecule has 24 heavy (non-hydrogen) atoms. The van der Waals surface area contributed by atoms with Crippen LogP contribution in [0.3, 0.4) is 0 Å². The van der Waals surface area contributed by atoms with Crippen molar-refractivity contribution in [2.45, 2.75) is 19.3 Å². The van der Waals surface area contributed by atoms with E-state index in [1.165, 1.54) is 0 Å². The summed E-state index contributed by atoms with van der Waals surface area (Å²) >= 11 is 0. The molecule has 1 aromatic carbocycles. The summed E-state index contributed by atoms with van der Waals surface area (Å²) in [5.74, 6) is 0.917. The number of carbonyl (C=O) groups is 2. The lowest BCUT2D eigenvalue weighted by Crippen LogP contribution is -2.39. The van der Waals surface area contributed by atoms with Crippen LogP contribution in [0.25, 0.3) is 0 Å². The second-order valence-corrected chi connectivity index (χ2v) is 5.81. The van der Waals surface area contributed by atoms with Gasteiger partial charge in [0.2, 0.25) is 5.91 Å². The molecule has 1 saturated carbocycles. The average molecular weight is 356 g/mol. The van der Waals surface area contributed by atoms with Crippen LogP contribution < -0.4 is 21.1 Å². The molecule has 4 N–H and O–H groups in total. The smallest absolute Gasteiger partial charge is 0.251 e. The van der Waals surface area contributed by atoms with Crippen LogP contribution in [0.1, 0.15) is 29.6 Å². The van der Waals surface area contributed by atoms with E-state index < -0.39 is 0 Å². The van der Waals surface area contributed by atoms with Gasteiger partial charge in [-0.25, -0.2) is 0 Å². The van der Waals surface area contributed by atoms with Gasteiger partial charge in [0.15, 0.2) is 0 Å². The van der Waals surface area contributed by atoms with Gasteiger partial charge in [-0.2, -0.15) is 0 Å². The number of benzene rings is 1. The van der Waals surface area contributed by atoms with Crippen molar-refractivity contribution in [3.63, 3.8) is 0 Å². The average Bonchev–Trinajstić information content (AvgIpc) is 3.07. The summed E-state index contributed by atoms with van der Waals surface area (Å²) < 4.78 is 5.05. The van der Waals surface area contributed by atoms with Gasteiger partial charge in [-0.05, 0) is 49.6 Å². The minimum absolute atomic E-state index is 0. The van der Waals surface area contributed by atoms with E-state index in [2.05, 4.69) is 10.6 Å². The Labute approximate surface area is 148 Å². The van der Waals surface area contributed by atoms with Crippen LogP contribution in [0.5, 0.6) is 5.75 Å². The van der Waals surface area contributed by atoms with Gasteiger partial charge in [-0.1, -0.05) is 6.42 Å². The van der Waals surface area contributed by atoms with Crippen LogP contribution in [-0.2, 0) is 4.79 Å². The number of rotatable bonds is 7. The predicted octanol–water partition coefficient (Wildman–Crippen LogP) is 1.34. The highest BCUT2D eigenvalue weighted by Gasteiger charge is 2.31. The number of methoxy groups -OCH3 is 1. The number of hydrogen-bond acceptors (Lipinski definition) is 4. The standard InChI is InChI=1S/C17H25N3O3.ClH/c1-23-14-7-5-12(6-8-14)16(21)19-9-10-20-17(22)15-4-2-3-13(15)11-18;/h5-8,13,15H,2-4,9-11,18H2,1H3,(H,19,21)(H,20,22);1H/t13-,15-;/m1./s1. The van der Waals surface area contributed by atoms with E-state index in [9.17, 15) is 9.59 Å². The van der Waals surface area contributed by atoms with E-state index in [1.807, 2.05) is 0 Å². The van der Waals surface area contributed by atoms with Crippen LogP contribution >= 0.6 is 12.4 Å². The fourth-order valence-electron chi connectivity index (χ4n) is 3.00. The first-order valence-electron chi connectivity index (χ1n) is 8.05. The number of nitrogens with one attached hydrogen (secondary N) is 2. The summed E-state index contributed by atoms with van der Waals surface area (Å²) in [4.78, 5) is 24.1.